The first-order valence-corrected chi connectivity index (χ1v) is 4.86. The number of hydrogen-bond acceptors (Lipinski definition) is 3. The Morgan fingerprint density at radius 1 is 1.55 bits per heavy atom. The molecular formula is C7H10O3S. The van der Waals surface area contributed by atoms with Gasteiger partial charge in [-0.3, -0.25) is 0 Å². The van der Waals surface area contributed by atoms with E-state index < -0.39 is 15.8 Å². The van der Waals surface area contributed by atoms with Gasteiger partial charge in [0.05, 0.1) is 11.5 Å². The maximum Gasteiger partial charge on any atom is 0.154 e. The molecule has 0 aromatic carbocycles. The standard InChI is InChI=1S/C7H10O3S/c1-3-4-11(9,10)6-7(2)5-8/h2-3,5,7H,1,4,6H2/t7-/m1/s1. The Labute approximate surface area is 67.0 Å². The fourth-order valence-corrected chi connectivity index (χ4v) is 1.74. The van der Waals surface area contributed by atoms with Crippen LogP contribution in [0.5, 0.6) is 0 Å². The zero-order valence-electron chi connectivity index (χ0n) is 6.06. The average molecular weight is 174 g/mol. The zero-order chi connectivity index (χ0) is 8.91. The van der Waals surface area contributed by atoms with Crippen molar-refractivity contribution >= 4 is 16.1 Å². The molecule has 0 unspecified atom stereocenters. The third kappa shape index (κ3) is 4.72. The van der Waals surface area contributed by atoms with Crippen molar-refractivity contribution in [3.8, 4) is 0 Å². The highest BCUT2D eigenvalue weighted by Crippen LogP contribution is 1.98. The summed E-state index contributed by atoms with van der Waals surface area (Å²) >= 11 is 0. The minimum atomic E-state index is -3.22. The number of carbonyl (C=O) groups is 1. The topological polar surface area (TPSA) is 51.2 Å². The van der Waals surface area contributed by atoms with Crippen LogP contribution in [0.4, 0.5) is 0 Å². The Morgan fingerprint density at radius 2 is 2.09 bits per heavy atom. The highest BCUT2D eigenvalue weighted by molar-refractivity contribution is 7.91. The van der Waals surface area contributed by atoms with Crippen molar-refractivity contribution in [1.82, 2.24) is 0 Å². The van der Waals surface area contributed by atoms with Crippen LogP contribution in [-0.4, -0.2) is 26.2 Å². The van der Waals surface area contributed by atoms with E-state index in [1.54, 1.807) is 0 Å². The third-order valence-corrected chi connectivity index (χ3v) is 2.63. The number of hydrogen-bond donors (Lipinski definition) is 0. The van der Waals surface area contributed by atoms with Crippen LogP contribution >= 0.6 is 0 Å². The summed E-state index contributed by atoms with van der Waals surface area (Å²) in [5, 5.41) is 0. The van der Waals surface area contributed by atoms with Gasteiger partial charge in [-0.1, -0.05) is 6.08 Å². The van der Waals surface area contributed by atoms with Crippen molar-refractivity contribution < 1.29 is 13.2 Å². The summed E-state index contributed by atoms with van der Waals surface area (Å²) in [6.07, 6.45) is 1.69. The van der Waals surface area contributed by atoms with E-state index in [9.17, 15) is 13.2 Å². The molecule has 0 N–H and O–H groups in total. The van der Waals surface area contributed by atoms with Crippen LogP contribution in [0.3, 0.4) is 0 Å². The van der Waals surface area contributed by atoms with Gasteiger partial charge in [0.1, 0.15) is 6.29 Å². The molecule has 1 atom stereocenters. The lowest BCUT2D eigenvalue weighted by Crippen LogP contribution is -2.16. The number of sulfone groups is 1. The van der Waals surface area contributed by atoms with Crippen molar-refractivity contribution in [2.24, 2.45) is 5.92 Å². The molecule has 3 nitrogen and oxygen atoms in total. The van der Waals surface area contributed by atoms with Gasteiger partial charge in [0.25, 0.3) is 0 Å². The van der Waals surface area contributed by atoms with Gasteiger partial charge in [0.2, 0.25) is 0 Å². The highest BCUT2D eigenvalue weighted by Gasteiger charge is 2.13. The molecule has 4 heteroatoms. The van der Waals surface area contributed by atoms with Gasteiger partial charge in [-0.2, -0.15) is 0 Å². The quantitative estimate of drug-likeness (QED) is 0.439. The average Bonchev–Trinajstić information content (AvgIpc) is 1.86. The third-order valence-electron chi connectivity index (χ3n) is 0.993. The summed E-state index contributed by atoms with van der Waals surface area (Å²) in [5.74, 6) is -1.35. The first kappa shape index (κ1) is 10.4. The molecule has 0 rings (SSSR count). The van der Waals surface area contributed by atoms with Crippen molar-refractivity contribution in [2.45, 2.75) is 0 Å². The molecule has 0 heterocycles. The number of rotatable bonds is 5. The molecular weight excluding hydrogens is 164 g/mol. The molecule has 62 valence electrons. The second kappa shape index (κ2) is 4.28. The van der Waals surface area contributed by atoms with Crippen LogP contribution in [0.2, 0.25) is 0 Å². The largest absolute Gasteiger partial charge is 0.303 e. The van der Waals surface area contributed by atoms with E-state index in [2.05, 4.69) is 6.58 Å². The second-order valence-corrected chi connectivity index (χ2v) is 4.32. The maximum absolute atomic E-state index is 10.9. The van der Waals surface area contributed by atoms with E-state index in [-0.39, 0.29) is 11.5 Å². The predicted octanol–water partition coefficient (Wildman–Crippen LogP) is 0.113. The Kier molecular flexibility index (Phi) is 4.03. The molecule has 0 bridgehead atoms. The molecule has 0 aliphatic rings. The lowest BCUT2D eigenvalue weighted by atomic mass is 10.3. The molecule has 0 saturated carbocycles. The number of carbonyl (C=O) groups excluding carboxylic acids is 1. The summed E-state index contributed by atoms with van der Waals surface area (Å²) in [7, 11) is -3.22. The lowest BCUT2D eigenvalue weighted by molar-refractivity contribution is -0.109. The van der Waals surface area contributed by atoms with Gasteiger partial charge in [0.15, 0.2) is 9.84 Å². The molecule has 0 saturated heterocycles. The Bertz CT molecular complexity index is 228. The van der Waals surface area contributed by atoms with Crippen LogP contribution in [0.25, 0.3) is 0 Å². The summed E-state index contributed by atoms with van der Waals surface area (Å²) in [5.41, 5.74) is 0. The minimum Gasteiger partial charge on any atom is -0.303 e. The van der Waals surface area contributed by atoms with Crippen LogP contribution in [0, 0.1) is 12.8 Å². The van der Waals surface area contributed by atoms with Crippen molar-refractivity contribution in [3.63, 3.8) is 0 Å². The van der Waals surface area contributed by atoms with Crippen LogP contribution in [0.1, 0.15) is 0 Å². The van der Waals surface area contributed by atoms with Gasteiger partial charge in [0, 0.05) is 5.92 Å². The van der Waals surface area contributed by atoms with Gasteiger partial charge in [-0.15, -0.1) is 6.58 Å². The zero-order valence-corrected chi connectivity index (χ0v) is 6.88. The fourth-order valence-electron chi connectivity index (χ4n) is 0.580. The smallest absolute Gasteiger partial charge is 0.154 e. The van der Waals surface area contributed by atoms with Crippen LogP contribution < -0.4 is 0 Å². The first-order valence-electron chi connectivity index (χ1n) is 3.04. The Morgan fingerprint density at radius 3 is 2.45 bits per heavy atom. The summed E-state index contributed by atoms with van der Waals surface area (Å²) < 4.78 is 21.8. The molecule has 0 aromatic heterocycles. The van der Waals surface area contributed by atoms with Gasteiger partial charge < -0.3 is 4.79 Å². The monoisotopic (exact) mass is 174 g/mol. The Balaban J connectivity index is 4.12. The first-order chi connectivity index (χ1) is 5.02. The Hall–Kier alpha value is -0.640. The summed E-state index contributed by atoms with van der Waals surface area (Å²) in [6, 6.07) is 0. The molecule has 0 aromatic rings. The normalized spacial score (nSPS) is 13.9. The molecule has 0 aliphatic heterocycles. The molecule has 0 aliphatic carbocycles. The minimum absolute atomic E-state index is 0.130. The van der Waals surface area contributed by atoms with Crippen molar-refractivity contribution in [3.05, 3.63) is 19.6 Å². The molecule has 2 radical (unpaired) electrons. The number of aldehydes is 1. The highest BCUT2D eigenvalue weighted by atomic mass is 32.2. The van der Waals surface area contributed by atoms with Crippen LogP contribution in [-0.2, 0) is 14.6 Å². The van der Waals surface area contributed by atoms with Crippen LogP contribution in [0.15, 0.2) is 12.7 Å². The van der Waals surface area contributed by atoms with E-state index in [0.29, 0.717) is 6.29 Å². The van der Waals surface area contributed by atoms with Gasteiger partial charge in [-0.05, 0) is 6.92 Å². The van der Waals surface area contributed by atoms with Crippen molar-refractivity contribution in [2.75, 3.05) is 11.5 Å². The van der Waals surface area contributed by atoms with E-state index >= 15 is 0 Å². The lowest BCUT2D eigenvalue weighted by Gasteiger charge is -2.01. The van der Waals surface area contributed by atoms with E-state index in [0.717, 1.165) is 0 Å². The molecule has 0 amide bonds. The van der Waals surface area contributed by atoms with Crippen molar-refractivity contribution in [1.29, 1.82) is 0 Å². The second-order valence-electron chi connectivity index (χ2n) is 2.17. The SMILES string of the molecule is [CH][C@H](C=O)CS(=O)(=O)CC=C. The molecule has 11 heavy (non-hydrogen) atoms. The van der Waals surface area contributed by atoms with E-state index in [1.807, 2.05) is 0 Å². The predicted molar refractivity (Wildman–Crippen MR) is 42.7 cm³/mol. The fraction of sp³-hybridized carbons (Fsp3) is 0.429. The summed E-state index contributed by atoms with van der Waals surface area (Å²) in [6.45, 7) is 8.38. The molecule has 0 fully saturated rings. The molecule has 0 spiro atoms. The van der Waals surface area contributed by atoms with Gasteiger partial charge >= 0.3 is 0 Å². The van der Waals surface area contributed by atoms with E-state index in [4.69, 9.17) is 6.92 Å². The van der Waals surface area contributed by atoms with Gasteiger partial charge in [-0.25, -0.2) is 8.42 Å². The maximum atomic E-state index is 10.9. The summed E-state index contributed by atoms with van der Waals surface area (Å²) in [4.78, 5) is 9.97. The van der Waals surface area contributed by atoms with E-state index in [1.165, 1.54) is 6.08 Å².